The second kappa shape index (κ2) is 7.87. The number of hydrogen-bond donors (Lipinski definition) is 0. The van der Waals surface area contributed by atoms with Crippen LogP contribution in [0.5, 0.6) is 0 Å². The van der Waals surface area contributed by atoms with Crippen LogP contribution in [0.3, 0.4) is 0 Å². The van der Waals surface area contributed by atoms with Crippen LogP contribution in [0, 0.1) is 41.5 Å². The SMILES string of the molecule is Cc1cc(C)c(-c2ccc3c(c2)-c2cc(-c4c(C)cc(C)cc4C)c[c]([Ti])c2C3)c(C)c1. The molecule has 4 aromatic carbocycles. The van der Waals surface area contributed by atoms with E-state index in [0.29, 0.717) is 0 Å². The van der Waals surface area contributed by atoms with Gasteiger partial charge in [-0.3, -0.25) is 0 Å². The number of fused-ring (bicyclic) bond motifs is 3. The van der Waals surface area contributed by atoms with Gasteiger partial charge in [-0.15, -0.1) is 0 Å². The first kappa shape index (κ1) is 21.4. The fourth-order valence-corrected chi connectivity index (χ4v) is 6.44. The monoisotopic (exact) mass is 449 g/mol. The van der Waals surface area contributed by atoms with Crippen molar-refractivity contribution in [2.75, 3.05) is 0 Å². The van der Waals surface area contributed by atoms with Crippen LogP contribution in [0.25, 0.3) is 33.4 Å². The molecule has 0 spiro atoms. The van der Waals surface area contributed by atoms with Crippen LogP contribution in [-0.2, 0) is 26.9 Å². The fourth-order valence-electron chi connectivity index (χ4n) is 5.85. The number of rotatable bonds is 2. The number of hydrogen-bond acceptors (Lipinski definition) is 0. The Balaban J connectivity index is 1.70. The van der Waals surface area contributed by atoms with Gasteiger partial charge in [-0.2, -0.15) is 0 Å². The maximum absolute atomic E-state index is 2.44. The van der Waals surface area contributed by atoms with Crippen molar-refractivity contribution in [2.45, 2.75) is 48.0 Å². The molecule has 5 rings (SSSR count). The van der Waals surface area contributed by atoms with Crippen LogP contribution in [0.2, 0.25) is 0 Å². The molecular weight excluding hydrogens is 420 g/mol. The van der Waals surface area contributed by atoms with E-state index >= 15 is 0 Å². The van der Waals surface area contributed by atoms with E-state index < -0.39 is 0 Å². The molecule has 0 atom stereocenters. The van der Waals surface area contributed by atoms with Gasteiger partial charge >= 0.3 is 205 Å². The second-order valence-electron chi connectivity index (χ2n) is 9.65. The molecule has 1 heteroatoms. The molecule has 0 unspecified atom stereocenters. The molecule has 0 aliphatic heterocycles. The molecule has 0 fully saturated rings. The average molecular weight is 449 g/mol. The summed E-state index contributed by atoms with van der Waals surface area (Å²) in [5, 5.41) is 0. The quantitative estimate of drug-likeness (QED) is 0.243. The van der Waals surface area contributed by atoms with Gasteiger partial charge in [0.05, 0.1) is 0 Å². The van der Waals surface area contributed by atoms with Crippen molar-refractivity contribution in [3.63, 3.8) is 0 Å². The third kappa shape index (κ3) is 3.51. The Morgan fingerprint density at radius 1 is 0.562 bits per heavy atom. The topological polar surface area (TPSA) is 0 Å². The predicted octanol–water partition coefficient (Wildman–Crippen LogP) is 7.61. The van der Waals surface area contributed by atoms with Gasteiger partial charge in [0.2, 0.25) is 0 Å². The minimum atomic E-state index is 1.04. The molecule has 1 aliphatic carbocycles. The summed E-state index contributed by atoms with van der Waals surface area (Å²) in [5.41, 5.74) is 19.3. The Morgan fingerprint density at radius 3 is 1.62 bits per heavy atom. The van der Waals surface area contributed by atoms with E-state index in [-0.39, 0.29) is 0 Å². The summed E-state index contributed by atoms with van der Waals surface area (Å²) in [6.45, 7) is 13.3. The number of aryl methyl sites for hydroxylation is 6. The zero-order valence-electron chi connectivity index (χ0n) is 19.9. The van der Waals surface area contributed by atoms with E-state index in [4.69, 9.17) is 0 Å². The first-order chi connectivity index (χ1) is 15.2. The third-order valence-electron chi connectivity index (χ3n) is 6.95. The van der Waals surface area contributed by atoms with E-state index in [1.54, 1.807) is 0 Å². The van der Waals surface area contributed by atoms with Gasteiger partial charge in [-0.25, -0.2) is 0 Å². The molecule has 0 bridgehead atoms. The summed E-state index contributed by atoms with van der Waals surface area (Å²) >= 11 is 2.28. The first-order valence-corrected chi connectivity index (χ1v) is 12.2. The first-order valence-electron chi connectivity index (χ1n) is 11.4. The van der Waals surface area contributed by atoms with E-state index in [1.807, 2.05) is 0 Å². The summed E-state index contributed by atoms with van der Waals surface area (Å²) in [6, 6.07) is 21.2. The van der Waals surface area contributed by atoms with Gasteiger partial charge in [-0.1, -0.05) is 0 Å². The van der Waals surface area contributed by atoms with Crippen molar-refractivity contribution in [1.29, 1.82) is 0 Å². The maximum atomic E-state index is 2.44. The molecule has 1 aliphatic rings. The summed E-state index contributed by atoms with van der Waals surface area (Å²) in [5.74, 6) is 0. The van der Waals surface area contributed by atoms with Crippen LogP contribution >= 0.6 is 0 Å². The van der Waals surface area contributed by atoms with Gasteiger partial charge in [-0.05, 0) is 0 Å². The van der Waals surface area contributed by atoms with Gasteiger partial charge in [0, 0.05) is 0 Å². The van der Waals surface area contributed by atoms with Crippen molar-refractivity contribution >= 4 is 3.87 Å². The summed E-state index contributed by atoms with van der Waals surface area (Å²) in [7, 11) is 0. The summed E-state index contributed by atoms with van der Waals surface area (Å²) < 4.78 is 1.40. The molecule has 4 aromatic rings. The zero-order valence-corrected chi connectivity index (χ0v) is 21.5. The Kier molecular flexibility index (Phi) is 5.27. The molecule has 0 amide bonds. The zero-order chi connectivity index (χ0) is 22.7. The molecule has 0 radical (unpaired) electrons. The van der Waals surface area contributed by atoms with E-state index in [2.05, 4.69) is 117 Å². The van der Waals surface area contributed by atoms with E-state index in [0.717, 1.165) is 6.42 Å². The van der Waals surface area contributed by atoms with Crippen molar-refractivity contribution in [3.05, 3.63) is 99.1 Å². The van der Waals surface area contributed by atoms with Gasteiger partial charge in [0.15, 0.2) is 0 Å². The molecule has 32 heavy (non-hydrogen) atoms. The summed E-state index contributed by atoms with van der Waals surface area (Å²) in [6.07, 6.45) is 1.04. The Bertz CT molecular complexity index is 1360. The van der Waals surface area contributed by atoms with Crippen LogP contribution in [0.15, 0.2) is 54.6 Å². The average Bonchev–Trinajstić information content (AvgIpc) is 3.05. The molecule has 0 saturated heterocycles. The van der Waals surface area contributed by atoms with Crippen molar-refractivity contribution in [1.82, 2.24) is 0 Å². The molecule has 0 aromatic heterocycles. The van der Waals surface area contributed by atoms with Crippen LogP contribution < -0.4 is 3.87 Å². The fraction of sp³-hybridized carbons (Fsp3) is 0.226. The molecule has 157 valence electrons. The second-order valence-corrected chi connectivity index (χ2v) is 10.5. The molecule has 0 N–H and O–H groups in total. The third-order valence-corrected chi connectivity index (χ3v) is 7.65. The van der Waals surface area contributed by atoms with Gasteiger partial charge in [0.25, 0.3) is 0 Å². The van der Waals surface area contributed by atoms with Crippen LogP contribution in [0.4, 0.5) is 0 Å². The van der Waals surface area contributed by atoms with Crippen LogP contribution in [-0.4, -0.2) is 0 Å². The summed E-state index contributed by atoms with van der Waals surface area (Å²) in [4.78, 5) is 0. The minimum absolute atomic E-state index is 1.04. The Labute approximate surface area is 204 Å². The van der Waals surface area contributed by atoms with Gasteiger partial charge < -0.3 is 0 Å². The normalized spacial score (nSPS) is 12.0. The predicted molar refractivity (Wildman–Crippen MR) is 134 cm³/mol. The van der Waals surface area contributed by atoms with Gasteiger partial charge in [0.1, 0.15) is 0 Å². The van der Waals surface area contributed by atoms with Crippen molar-refractivity contribution in [2.24, 2.45) is 0 Å². The Morgan fingerprint density at radius 2 is 1.06 bits per heavy atom. The molecule has 0 heterocycles. The molecular formula is C31H29Ti. The Hall–Kier alpha value is -2.41. The van der Waals surface area contributed by atoms with E-state index in [1.165, 1.54) is 81.8 Å². The molecule has 0 saturated carbocycles. The van der Waals surface area contributed by atoms with Crippen molar-refractivity contribution < 1.29 is 20.4 Å². The van der Waals surface area contributed by atoms with E-state index in [9.17, 15) is 0 Å². The van der Waals surface area contributed by atoms with Crippen molar-refractivity contribution in [3.8, 4) is 33.4 Å². The van der Waals surface area contributed by atoms with Crippen LogP contribution in [0.1, 0.15) is 44.5 Å². The molecule has 0 nitrogen and oxygen atoms in total. The number of benzene rings is 4. The standard InChI is InChI=1S/C31H29.Ti/c1-18-11-20(3)30(21(4)12-18)26-9-7-24-15-25-8-10-27(17-29(25)28(24)16-26)31-22(5)13-19(2)14-23(31)6;/h7,9-14,16-17H,15H2,1-6H3;.